The Morgan fingerprint density at radius 3 is 2.60 bits per heavy atom. The van der Waals surface area contributed by atoms with E-state index in [1.165, 1.54) is 11.3 Å². The lowest BCUT2D eigenvalue weighted by molar-refractivity contribution is 0.184. The Morgan fingerprint density at radius 1 is 1.00 bits per heavy atom. The van der Waals surface area contributed by atoms with Gasteiger partial charge in [0.2, 0.25) is 10.0 Å². The van der Waals surface area contributed by atoms with E-state index in [0.29, 0.717) is 31.1 Å². The van der Waals surface area contributed by atoms with Crippen LogP contribution in [0, 0.1) is 13.8 Å². The number of sulfonamides is 1. The summed E-state index contributed by atoms with van der Waals surface area (Å²) < 4.78 is 29.2. The standard InChI is InChI=1S/C29H31N7O2S2/c1-19-7-8-22(16-30-19)24-5-4-6-25-28(24)31-18-32-29(25)33-20(2)17-35-11-13-36(14-12-35)40(37,38)23-9-10-26-27(15-23)39-21(3)34-26/h4-10,15-16,18,20H,11-14,17H2,1-3H3,(H,31,32,33). The predicted molar refractivity (Wildman–Crippen MR) is 160 cm³/mol. The molecule has 4 heterocycles. The maximum absolute atomic E-state index is 13.3. The van der Waals surface area contributed by atoms with Crippen molar-refractivity contribution >= 4 is 48.3 Å². The first-order valence-electron chi connectivity index (χ1n) is 13.3. The van der Waals surface area contributed by atoms with Crippen LogP contribution in [0.3, 0.4) is 0 Å². The van der Waals surface area contributed by atoms with Gasteiger partial charge in [0.05, 0.1) is 25.6 Å². The predicted octanol–water partition coefficient (Wildman–Crippen LogP) is 4.73. The first-order valence-corrected chi connectivity index (χ1v) is 15.6. The second-order valence-electron chi connectivity index (χ2n) is 10.2. The molecule has 1 unspecified atom stereocenters. The summed E-state index contributed by atoms with van der Waals surface area (Å²) in [6, 6.07) is 15.5. The summed E-state index contributed by atoms with van der Waals surface area (Å²) in [5, 5.41) is 5.45. The van der Waals surface area contributed by atoms with Crippen molar-refractivity contribution in [1.29, 1.82) is 0 Å². The smallest absolute Gasteiger partial charge is 0.243 e. The second-order valence-corrected chi connectivity index (χ2v) is 13.4. The number of piperazine rings is 1. The molecule has 0 amide bonds. The van der Waals surface area contributed by atoms with Crippen molar-refractivity contribution in [3.05, 3.63) is 71.8 Å². The van der Waals surface area contributed by atoms with Gasteiger partial charge in [0.1, 0.15) is 12.1 Å². The molecule has 40 heavy (non-hydrogen) atoms. The van der Waals surface area contributed by atoms with Crippen molar-refractivity contribution in [3.63, 3.8) is 0 Å². The number of thiazole rings is 1. The molecule has 3 aromatic heterocycles. The molecule has 0 aliphatic carbocycles. The Balaban J connectivity index is 1.11. The van der Waals surface area contributed by atoms with Gasteiger partial charge in [-0.25, -0.2) is 23.4 Å². The van der Waals surface area contributed by atoms with Gasteiger partial charge in [-0.3, -0.25) is 9.88 Å². The van der Waals surface area contributed by atoms with E-state index in [1.807, 2.05) is 38.2 Å². The van der Waals surface area contributed by atoms with Gasteiger partial charge in [-0.2, -0.15) is 4.31 Å². The monoisotopic (exact) mass is 573 g/mol. The molecule has 1 saturated heterocycles. The third kappa shape index (κ3) is 5.29. The highest BCUT2D eigenvalue weighted by Crippen LogP contribution is 2.30. The van der Waals surface area contributed by atoms with Gasteiger partial charge in [0.15, 0.2) is 0 Å². The minimum atomic E-state index is -3.55. The average Bonchev–Trinajstić information content (AvgIpc) is 3.33. The maximum atomic E-state index is 13.3. The first-order chi connectivity index (χ1) is 19.3. The SMILES string of the molecule is Cc1ccc(-c2cccc3c(NC(C)CN4CCN(S(=O)(=O)c5ccc6nc(C)sc6c5)CC4)ncnc23)cn1. The van der Waals surface area contributed by atoms with Crippen LogP contribution in [0.15, 0.2) is 66.0 Å². The summed E-state index contributed by atoms with van der Waals surface area (Å²) >= 11 is 1.52. The maximum Gasteiger partial charge on any atom is 0.243 e. The minimum absolute atomic E-state index is 0.0999. The number of para-hydroxylation sites is 1. The third-order valence-corrected chi connectivity index (χ3v) is 10.1. The van der Waals surface area contributed by atoms with E-state index in [2.05, 4.69) is 49.2 Å². The Kier molecular flexibility index (Phi) is 7.22. The van der Waals surface area contributed by atoms with Gasteiger partial charge < -0.3 is 5.32 Å². The molecule has 1 N–H and O–H groups in total. The molecule has 1 fully saturated rings. The number of hydrogen-bond donors (Lipinski definition) is 1. The lowest BCUT2D eigenvalue weighted by Crippen LogP contribution is -2.50. The van der Waals surface area contributed by atoms with Crippen LogP contribution in [-0.4, -0.2) is 76.3 Å². The van der Waals surface area contributed by atoms with Crippen molar-refractivity contribution in [1.82, 2.24) is 29.1 Å². The van der Waals surface area contributed by atoms with E-state index < -0.39 is 10.0 Å². The largest absolute Gasteiger partial charge is 0.366 e. The van der Waals surface area contributed by atoms with E-state index in [4.69, 9.17) is 0 Å². The van der Waals surface area contributed by atoms with Gasteiger partial charge in [0.25, 0.3) is 0 Å². The number of pyridine rings is 1. The zero-order valence-corrected chi connectivity index (χ0v) is 24.3. The third-order valence-electron chi connectivity index (χ3n) is 7.24. The van der Waals surface area contributed by atoms with Crippen LogP contribution in [0.5, 0.6) is 0 Å². The molecule has 0 bridgehead atoms. The Labute approximate surface area is 238 Å². The number of rotatable bonds is 7. The summed E-state index contributed by atoms with van der Waals surface area (Å²) in [7, 11) is -3.55. The summed E-state index contributed by atoms with van der Waals surface area (Å²) in [6.07, 6.45) is 3.47. The number of anilines is 1. The van der Waals surface area contributed by atoms with E-state index in [1.54, 1.807) is 28.8 Å². The average molecular weight is 574 g/mol. The molecule has 6 rings (SSSR count). The van der Waals surface area contributed by atoms with Crippen LogP contribution in [0.1, 0.15) is 17.6 Å². The summed E-state index contributed by atoms with van der Waals surface area (Å²) in [5.74, 6) is 0.786. The molecule has 11 heteroatoms. The van der Waals surface area contributed by atoms with Crippen molar-refractivity contribution in [2.75, 3.05) is 38.0 Å². The molecule has 1 aliphatic heterocycles. The van der Waals surface area contributed by atoms with Crippen molar-refractivity contribution < 1.29 is 8.42 Å². The van der Waals surface area contributed by atoms with Crippen LogP contribution < -0.4 is 5.32 Å². The molecule has 1 aliphatic rings. The highest BCUT2D eigenvalue weighted by Gasteiger charge is 2.29. The highest BCUT2D eigenvalue weighted by molar-refractivity contribution is 7.89. The van der Waals surface area contributed by atoms with Crippen LogP contribution in [0.2, 0.25) is 0 Å². The molecule has 1 atom stereocenters. The number of hydrogen-bond acceptors (Lipinski definition) is 9. The normalized spacial score (nSPS) is 16.0. The fourth-order valence-electron chi connectivity index (χ4n) is 5.21. The number of benzene rings is 2. The molecule has 0 radical (unpaired) electrons. The van der Waals surface area contributed by atoms with Gasteiger partial charge in [0, 0.05) is 67.2 Å². The van der Waals surface area contributed by atoms with E-state index >= 15 is 0 Å². The summed E-state index contributed by atoms with van der Waals surface area (Å²) in [6.45, 7) is 9.05. The van der Waals surface area contributed by atoms with Gasteiger partial charge >= 0.3 is 0 Å². The van der Waals surface area contributed by atoms with Crippen LogP contribution in [-0.2, 0) is 10.0 Å². The Bertz CT molecular complexity index is 1780. The van der Waals surface area contributed by atoms with Gasteiger partial charge in [-0.05, 0) is 51.1 Å². The number of nitrogens with one attached hydrogen (secondary N) is 1. The van der Waals surface area contributed by atoms with Gasteiger partial charge in [-0.1, -0.05) is 18.2 Å². The molecule has 206 valence electrons. The van der Waals surface area contributed by atoms with Gasteiger partial charge in [-0.15, -0.1) is 11.3 Å². The molecule has 5 aromatic rings. The molecule has 0 spiro atoms. The summed E-state index contributed by atoms with van der Waals surface area (Å²) in [4.78, 5) is 20.6. The summed E-state index contributed by atoms with van der Waals surface area (Å²) in [5.41, 5.74) is 4.73. The van der Waals surface area contributed by atoms with Crippen molar-refractivity contribution in [3.8, 4) is 11.1 Å². The highest BCUT2D eigenvalue weighted by atomic mass is 32.2. The molecule has 0 saturated carbocycles. The molecule has 9 nitrogen and oxygen atoms in total. The fourth-order valence-corrected chi connectivity index (χ4v) is 7.60. The molecular weight excluding hydrogens is 543 g/mol. The number of aromatic nitrogens is 4. The lowest BCUT2D eigenvalue weighted by atomic mass is 10.0. The van der Waals surface area contributed by atoms with Crippen LogP contribution >= 0.6 is 11.3 Å². The van der Waals surface area contributed by atoms with E-state index in [0.717, 1.165) is 55.3 Å². The fraction of sp³-hybridized carbons (Fsp3) is 0.310. The van der Waals surface area contributed by atoms with Crippen LogP contribution in [0.4, 0.5) is 5.82 Å². The van der Waals surface area contributed by atoms with E-state index in [9.17, 15) is 8.42 Å². The number of aryl methyl sites for hydroxylation is 2. The second kappa shape index (κ2) is 10.8. The first kappa shape index (κ1) is 26.7. The minimum Gasteiger partial charge on any atom is -0.366 e. The Morgan fingerprint density at radius 2 is 1.82 bits per heavy atom. The van der Waals surface area contributed by atoms with Crippen molar-refractivity contribution in [2.24, 2.45) is 0 Å². The quantitative estimate of drug-likeness (QED) is 0.298. The van der Waals surface area contributed by atoms with E-state index in [-0.39, 0.29) is 6.04 Å². The number of nitrogens with zero attached hydrogens (tertiary/aromatic N) is 6. The zero-order chi connectivity index (χ0) is 27.9. The zero-order valence-electron chi connectivity index (χ0n) is 22.7. The van der Waals surface area contributed by atoms with Crippen molar-refractivity contribution in [2.45, 2.75) is 31.7 Å². The molecular formula is C29H31N7O2S2. The Hall–Kier alpha value is -3.51. The topological polar surface area (TPSA) is 104 Å². The van der Waals surface area contributed by atoms with Crippen LogP contribution in [0.25, 0.3) is 32.2 Å². The molecule has 2 aromatic carbocycles. The number of fused-ring (bicyclic) bond motifs is 2. The lowest BCUT2D eigenvalue weighted by Gasteiger charge is -2.35.